The standard InChI is InChI=1S/C52H41NO/c1-3-11-35(12-4-1)37-19-24-49(45(30-37)36-13-5-2-6-14-36)53(41-20-22-44-43-16-8-10-18-50(43)54-51(44)32-41)40-21-23-48-46(31-40)42-15-7-9-17-47(42)52(48)38-26-33-25-34(28-38)29-39(52)27-33/h1-24,30-34,38-39H,25-29H2. The molecule has 8 aromatic rings. The van der Waals surface area contributed by atoms with Crippen molar-refractivity contribution in [2.45, 2.75) is 37.5 Å². The Balaban J connectivity index is 1.10. The smallest absolute Gasteiger partial charge is 0.137 e. The third-order valence-corrected chi connectivity index (χ3v) is 13.8. The predicted octanol–water partition coefficient (Wildman–Crippen LogP) is 14.1. The number of fused-ring (bicyclic) bond motifs is 6. The zero-order valence-corrected chi connectivity index (χ0v) is 30.3. The van der Waals surface area contributed by atoms with Gasteiger partial charge in [0.2, 0.25) is 0 Å². The lowest BCUT2D eigenvalue weighted by Gasteiger charge is -2.61. The van der Waals surface area contributed by atoms with Crippen LogP contribution in [0.15, 0.2) is 168 Å². The van der Waals surface area contributed by atoms with Crippen molar-refractivity contribution in [1.82, 2.24) is 0 Å². The number of para-hydroxylation sites is 1. The highest BCUT2D eigenvalue weighted by atomic mass is 16.3. The van der Waals surface area contributed by atoms with E-state index in [0.29, 0.717) is 0 Å². The molecule has 1 heterocycles. The molecule has 0 unspecified atom stereocenters. The number of nitrogens with zero attached hydrogens (tertiary/aromatic N) is 1. The van der Waals surface area contributed by atoms with Gasteiger partial charge in [-0.3, -0.25) is 0 Å². The van der Waals surface area contributed by atoms with Crippen LogP contribution in [0.2, 0.25) is 0 Å². The van der Waals surface area contributed by atoms with Crippen LogP contribution in [-0.4, -0.2) is 0 Å². The molecule has 13 rings (SSSR count). The van der Waals surface area contributed by atoms with Crippen LogP contribution < -0.4 is 4.90 Å². The van der Waals surface area contributed by atoms with Gasteiger partial charge in [-0.05, 0) is 137 Å². The fraction of sp³-hybridized carbons (Fsp3) is 0.192. The maximum atomic E-state index is 6.53. The normalized spacial score (nSPS) is 23.3. The van der Waals surface area contributed by atoms with E-state index in [4.69, 9.17) is 4.42 Å². The summed E-state index contributed by atoms with van der Waals surface area (Å²) in [6, 6.07) is 60.7. The second-order valence-corrected chi connectivity index (χ2v) is 16.5. The van der Waals surface area contributed by atoms with E-state index in [1.165, 1.54) is 71.2 Å². The second kappa shape index (κ2) is 11.6. The molecule has 4 saturated carbocycles. The Morgan fingerprint density at radius 1 is 0.426 bits per heavy atom. The Labute approximate surface area is 316 Å². The Bertz CT molecular complexity index is 2710. The number of benzene rings is 7. The van der Waals surface area contributed by atoms with Gasteiger partial charge < -0.3 is 9.32 Å². The van der Waals surface area contributed by atoms with E-state index < -0.39 is 0 Å². The molecule has 4 fully saturated rings. The maximum Gasteiger partial charge on any atom is 0.137 e. The van der Waals surface area contributed by atoms with E-state index in [2.05, 4.69) is 169 Å². The minimum absolute atomic E-state index is 0.141. The Kier molecular flexibility index (Phi) is 6.55. The molecule has 4 bridgehead atoms. The zero-order valence-electron chi connectivity index (χ0n) is 30.3. The molecule has 0 N–H and O–H groups in total. The quantitative estimate of drug-likeness (QED) is 0.178. The first kappa shape index (κ1) is 30.6. The molecule has 0 aliphatic heterocycles. The Morgan fingerprint density at radius 2 is 1.06 bits per heavy atom. The maximum absolute atomic E-state index is 6.53. The number of rotatable bonds is 5. The van der Waals surface area contributed by atoms with Crippen LogP contribution in [0.5, 0.6) is 0 Å². The molecule has 7 aromatic carbocycles. The molecule has 0 saturated heterocycles. The van der Waals surface area contributed by atoms with Gasteiger partial charge in [-0.1, -0.05) is 115 Å². The molecule has 1 spiro atoms. The molecule has 2 nitrogen and oxygen atoms in total. The molecule has 0 atom stereocenters. The third-order valence-electron chi connectivity index (χ3n) is 13.8. The van der Waals surface area contributed by atoms with Crippen molar-refractivity contribution >= 4 is 39.0 Å². The first-order valence-electron chi connectivity index (χ1n) is 19.9. The van der Waals surface area contributed by atoms with Crippen LogP contribution in [0.3, 0.4) is 0 Å². The predicted molar refractivity (Wildman–Crippen MR) is 223 cm³/mol. The number of hydrogen-bond donors (Lipinski definition) is 0. The summed E-state index contributed by atoms with van der Waals surface area (Å²) in [6.45, 7) is 0. The lowest BCUT2D eigenvalue weighted by molar-refractivity contribution is -0.0399. The highest BCUT2D eigenvalue weighted by molar-refractivity contribution is 6.06. The molecule has 1 aromatic heterocycles. The molecule has 2 heteroatoms. The fourth-order valence-electron chi connectivity index (χ4n) is 12.0. The van der Waals surface area contributed by atoms with Gasteiger partial charge in [-0.2, -0.15) is 0 Å². The van der Waals surface area contributed by atoms with Crippen LogP contribution in [-0.2, 0) is 5.41 Å². The topological polar surface area (TPSA) is 16.4 Å². The van der Waals surface area contributed by atoms with Gasteiger partial charge >= 0.3 is 0 Å². The molecular weight excluding hydrogens is 655 g/mol. The second-order valence-electron chi connectivity index (χ2n) is 16.5. The van der Waals surface area contributed by atoms with E-state index >= 15 is 0 Å². The van der Waals surface area contributed by atoms with Crippen LogP contribution in [0, 0.1) is 23.7 Å². The number of hydrogen-bond acceptors (Lipinski definition) is 2. The largest absolute Gasteiger partial charge is 0.456 e. The van der Waals surface area contributed by atoms with Crippen molar-refractivity contribution in [3.63, 3.8) is 0 Å². The fourth-order valence-corrected chi connectivity index (χ4v) is 12.0. The number of anilines is 3. The molecule has 5 aliphatic carbocycles. The van der Waals surface area contributed by atoms with Crippen molar-refractivity contribution in [3.8, 4) is 33.4 Å². The zero-order chi connectivity index (χ0) is 35.4. The van der Waals surface area contributed by atoms with Gasteiger partial charge in [0.15, 0.2) is 0 Å². The molecular formula is C52H41NO. The van der Waals surface area contributed by atoms with Gasteiger partial charge in [-0.15, -0.1) is 0 Å². The summed E-state index contributed by atoms with van der Waals surface area (Å²) in [6.07, 6.45) is 7.02. The Hall–Kier alpha value is -5.86. The minimum Gasteiger partial charge on any atom is -0.456 e. The monoisotopic (exact) mass is 695 g/mol. The Morgan fingerprint density at radius 3 is 1.85 bits per heavy atom. The van der Waals surface area contributed by atoms with Crippen LogP contribution in [0.4, 0.5) is 17.1 Å². The first-order chi connectivity index (χ1) is 26.7. The summed E-state index contributed by atoms with van der Waals surface area (Å²) in [5.41, 5.74) is 16.2. The van der Waals surface area contributed by atoms with Crippen molar-refractivity contribution in [1.29, 1.82) is 0 Å². The van der Waals surface area contributed by atoms with Gasteiger partial charge in [0, 0.05) is 39.2 Å². The summed E-state index contributed by atoms with van der Waals surface area (Å²) < 4.78 is 6.53. The summed E-state index contributed by atoms with van der Waals surface area (Å²) >= 11 is 0. The minimum atomic E-state index is 0.141. The van der Waals surface area contributed by atoms with E-state index in [0.717, 1.165) is 57.0 Å². The highest BCUT2D eigenvalue weighted by Crippen LogP contribution is 2.69. The van der Waals surface area contributed by atoms with Gasteiger partial charge in [0.1, 0.15) is 11.2 Å². The molecule has 0 amide bonds. The van der Waals surface area contributed by atoms with Crippen molar-refractivity contribution in [2.24, 2.45) is 23.7 Å². The number of furan rings is 1. The van der Waals surface area contributed by atoms with Crippen LogP contribution >= 0.6 is 0 Å². The third kappa shape index (κ3) is 4.34. The molecule has 54 heavy (non-hydrogen) atoms. The summed E-state index contributed by atoms with van der Waals surface area (Å²) in [5, 5.41) is 2.29. The average molecular weight is 696 g/mol. The summed E-state index contributed by atoms with van der Waals surface area (Å²) in [5.74, 6) is 3.33. The van der Waals surface area contributed by atoms with E-state index in [-0.39, 0.29) is 5.41 Å². The van der Waals surface area contributed by atoms with E-state index in [1.807, 2.05) is 0 Å². The first-order valence-corrected chi connectivity index (χ1v) is 19.9. The SMILES string of the molecule is c1ccc(-c2ccc(N(c3ccc4c(c3)-c3ccccc3C43C4CC5CC(C4)CC3C5)c3ccc4c(c3)oc3ccccc34)c(-c3ccccc3)c2)cc1. The van der Waals surface area contributed by atoms with E-state index in [9.17, 15) is 0 Å². The van der Waals surface area contributed by atoms with Crippen molar-refractivity contribution < 1.29 is 4.42 Å². The van der Waals surface area contributed by atoms with Crippen LogP contribution in [0.1, 0.15) is 43.2 Å². The van der Waals surface area contributed by atoms with E-state index in [1.54, 1.807) is 11.1 Å². The summed E-state index contributed by atoms with van der Waals surface area (Å²) in [7, 11) is 0. The van der Waals surface area contributed by atoms with Crippen LogP contribution in [0.25, 0.3) is 55.3 Å². The van der Waals surface area contributed by atoms with Crippen molar-refractivity contribution in [3.05, 3.63) is 175 Å². The highest BCUT2D eigenvalue weighted by Gasteiger charge is 2.61. The summed E-state index contributed by atoms with van der Waals surface area (Å²) in [4.78, 5) is 2.48. The average Bonchev–Trinajstić information content (AvgIpc) is 3.74. The van der Waals surface area contributed by atoms with Gasteiger partial charge in [0.25, 0.3) is 0 Å². The lowest BCUT2D eigenvalue weighted by atomic mass is 9.43. The molecule has 5 aliphatic rings. The van der Waals surface area contributed by atoms with Gasteiger partial charge in [0.05, 0.1) is 5.69 Å². The molecule has 260 valence electrons. The molecule has 0 radical (unpaired) electrons. The van der Waals surface area contributed by atoms with Crippen molar-refractivity contribution in [2.75, 3.05) is 4.90 Å². The lowest BCUT2D eigenvalue weighted by Crippen LogP contribution is -2.55. The van der Waals surface area contributed by atoms with Gasteiger partial charge in [-0.25, -0.2) is 0 Å².